The van der Waals surface area contributed by atoms with Crippen molar-refractivity contribution in [2.24, 2.45) is 5.92 Å². The molecule has 1 fully saturated rings. The van der Waals surface area contributed by atoms with E-state index in [-0.39, 0.29) is 6.10 Å². The van der Waals surface area contributed by atoms with Gasteiger partial charge in [0.1, 0.15) is 0 Å². The zero-order valence-electron chi connectivity index (χ0n) is 9.50. The summed E-state index contributed by atoms with van der Waals surface area (Å²) in [6.45, 7) is 3.66. The zero-order chi connectivity index (χ0) is 10.6. The second-order valence-corrected chi connectivity index (χ2v) is 5.32. The quantitative estimate of drug-likeness (QED) is 0.715. The van der Waals surface area contributed by atoms with Crippen LogP contribution in [0, 0.1) is 5.92 Å². The molecule has 1 rings (SSSR count). The lowest BCUT2D eigenvalue weighted by atomic mass is 9.93. The van der Waals surface area contributed by atoms with E-state index in [1.807, 2.05) is 13.8 Å². The van der Waals surface area contributed by atoms with Gasteiger partial charge in [0.2, 0.25) is 0 Å². The molecule has 0 aromatic heterocycles. The zero-order valence-corrected chi connectivity index (χ0v) is 9.50. The van der Waals surface area contributed by atoms with Crippen LogP contribution in [-0.4, -0.2) is 21.9 Å². The van der Waals surface area contributed by atoms with Crippen molar-refractivity contribution in [2.45, 2.75) is 70.5 Å². The standard InChI is InChI=1S/C12H24O2/c1-12(2,14)9-5-8-11(13)10-6-3-4-7-10/h10-11,13-14H,3-9H2,1-2H3. The first-order valence-electron chi connectivity index (χ1n) is 5.89. The molecular formula is C12H24O2. The minimum atomic E-state index is -0.574. The fourth-order valence-electron chi connectivity index (χ4n) is 2.32. The second kappa shape index (κ2) is 5.13. The number of hydrogen-bond acceptors (Lipinski definition) is 2. The van der Waals surface area contributed by atoms with Gasteiger partial charge in [0.25, 0.3) is 0 Å². The Bertz CT molecular complexity index is 154. The summed E-state index contributed by atoms with van der Waals surface area (Å²) in [6, 6.07) is 0. The van der Waals surface area contributed by atoms with Crippen molar-refractivity contribution in [2.75, 3.05) is 0 Å². The molecule has 1 saturated carbocycles. The lowest BCUT2D eigenvalue weighted by Crippen LogP contribution is -2.21. The molecule has 0 saturated heterocycles. The highest BCUT2D eigenvalue weighted by Gasteiger charge is 2.23. The third-order valence-corrected chi connectivity index (χ3v) is 3.23. The number of hydrogen-bond donors (Lipinski definition) is 2. The molecule has 0 aromatic carbocycles. The van der Waals surface area contributed by atoms with E-state index in [0.717, 1.165) is 19.3 Å². The molecular weight excluding hydrogens is 176 g/mol. The minimum absolute atomic E-state index is 0.125. The molecule has 0 aliphatic heterocycles. The molecule has 0 aromatic rings. The number of aliphatic hydroxyl groups is 2. The van der Waals surface area contributed by atoms with Gasteiger partial charge in [-0.05, 0) is 51.9 Å². The van der Waals surface area contributed by atoms with Crippen LogP contribution >= 0.6 is 0 Å². The van der Waals surface area contributed by atoms with Crippen molar-refractivity contribution in [3.05, 3.63) is 0 Å². The van der Waals surface area contributed by atoms with Gasteiger partial charge in [-0.25, -0.2) is 0 Å². The first-order chi connectivity index (χ1) is 6.49. The van der Waals surface area contributed by atoms with Crippen molar-refractivity contribution >= 4 is 0 Å². The number of rotatable bonds is 5. The molecule has 0 amide bonds. The summed E-state index contributed by atoms with van der Waals surface area (Å²) < 4.78 is 0. The average molecular weight is 200 g/mol. The third-order valence-electron chi connectivity index (χ3n) is 3.23. The molecule has 0 bridgehead atoms. The molecule has 1 atom stereocenters. The Morgan fingerprint density at radius 3 is 2.36 bits per heavy atom. The largest absolute Gasteiger partial charge is 0.393 e. The molecule has 84 valence electrons. The predicted molar refractivity (Wildman–Crippen MR) is 58.1 cm³/mol. The topological polar surface area (TPSA) is 40.5 Å². The summed E-state index contributed by atoms with van der Waals surface area (Å²) in [6.07, 6.45) is 7.42. The van der Waals surface area contributed by atoms with Gasteiger partial charge in [-0.1, -0.05) is 12.8 Å². The Labute approximate surface area is 87.3 Å². The van der Waals surface area contributed by atoms with E-state index in [2.05, 4.69) is 0 Å². The summed E-state index contributed by atoms with van der Waals surface area (Å²) in [5.41, 5.74) is -0.574. The summed E-state index contributed by atoms with van der Waals surface area (Å²) in [5.74, 6) is 0.539. The van der Waals surface area contributed by atoms with Crippen LogP contribution in [0.5, 0.6) is 0 Å². The van der Waals surface area contributed by atoms with E-state index in [1.165, 1.54) is 25.7 Å². The van der Waals surface area contributed by atoms with Gasteiger partial charge in [0.15, 0.2) is 0 Å². The van der Waals surface area contributed by atoms with Crippen LogP contribution in [0.15, 0.2) is 0 Å². The van der Waals surface area contributed by atoms with Gasteiger partial charge in [-0.15, -0.1) is 0 Å². The summed E-state index contributed by atoms with van der Waals surface area (Å²) in [4.78, 5) is 0. The van der Waals surface area contributed by atoms with Crippen molar-refractivity contribution in [1.82, 2.24) is 0 Å². The van der Waals surface area contributed by atoms with Gasteiger partial charge in [-0.2, -0.15) is 0 Å². The number of aliphatic hydroxyl groups excluding tert-OH is 1. The lowest BCUT2D eigenvalue weighted by molar-refractivity contribution is 0.0540. The molecule has 1 unspecified atom stereocenters. The van der Waals surface area contributed by atoms with E-state index in [1.54, 1.807) is 0 Å². The van der Waals surface area contributed by atoms with Crippen LogP contribution < -0.4 is 0 Å². The average Bonchev–Trinajstić information content (AvgIpc) is 2.53. The van der Waals surface area contributed by atoms with E-state index >= 15 is 0 Å². The third kappa shape index (κ3) is 4.43. The van der Waals surface area contributed by atoms with Gasteiger partial charge < -0.3 is 10.2 Å². The molecule has 0 heterocycles. The van der Waals surface area contributed by atoms with Crippen LogP contribution in [0.25, 0.3) is 0 Å². The fourth-order valence-corrected chi connectivity index (χ4v) is 2.32. The highest BCUT2D eigenvalue weighted by Crippen LogP contribution is 2.30. The SMILES string of the molecule is CC(C)(O)CCCC(O)C1CCCC1. The Hall–Kier alpha value is -0.0800. The van der Waals surface area contributed by atoms with E-state index in [4.69, 9.17) is 0 Å². The molecule has 2 heteroatoms. The van der Waals surface area contributed by atoms with Gasteiger partial charge in [0.05, 0.1) is 11.7 Å². The van der Waals surface area contributed by atoms with Crippen molar-refractivity contribution in [3.63, 3.8) is 0 Å². The fraction of sp³-hybridized carbons (Fsp3) is 1.00. The smallest absolute Gasteiger partial charge is 0.0591 e. The Balaban J connectivity index is 2.11. The second-order valence-electron chi connectivity index (χ2n) is 5.32. The normalized spacial score (nSPS) is 21.4. The van der Waals surface area contributed by atoms with E-state index in [0.29, 0.717) is 5.92 Å². The van der Waals surface area contributed by atoms with Crippen LogP contribution in [-0.2, 0) is 0 Å². The first kappa shape index (κ1) is 12.0. The van der Waals surface area contributed by atoms with Gasteiger partial charge in [-0.3, -0.25) is 0 Å². The molecule has 0 spiro atoms. The lowest BCUT2D eigenvalue weighted by Gasteiger charge is -2.20. The highest BCUT2D eigenvalue weighted by atomic mass is 16.3. The van der Waals surface area contributed by atoms with Crippen LogP contribution in [0.1, 0.15) is 58.8 Å². The maximum absolute atomic E-state index is 9.86. The maximum Gasteiger partial charge on any atom is 0.0591 e. The van der Waals surface area contributed by atoms with E-state index < -0.39 is 5.60 Å². The Morgan fingerprint density at radius 2 is 1.86 bits per heavy atom. The summed E-state index contributed by atoms with van der Waals surface area (Å²) in [5, 5.41) is 19.4. The van der Waals surface area contributed by atoms with Crippen molar-refractivity contribution in [3.8, 4) is 0 Å². The van der Waals surface area contributed by atoms with E-state index in [9.17, 15) is 10.2 Å². The van der Waals surface area contributed by atoms with Crippen molar-refractivity contribution in [1.29, 1.82) is 0 Å². The minimum Gasteiger partial charge on any atom is -0.393 e. The first-order valence-corrected chi connectivity index (χ1v) is 5.89. The summed E-state index contributed by atoms with van der Waals surface area (Å²) >= 11 is 0. The molecule has 2 N–H and O–H groups in total. The molecule has 14 heavy (non-hydrogen) atoms. The Morgan fingerprint density at radius 1 is 1.29 bits per heavy atom. The predicted octanol–water partition coefficient (Wildman–Crippen LogP) is 2.48. The van der Waals surface area contributed by atoms with Crippen LogP contribution in [0.2, 0.25) is 0 Å². The van der Waals surface area contributed by atoms with Crippen molar-refractivity contribution < 1.29 is 10.2 Å². The monoisotopic (exact) mass is 200 g/mol. The Kier molecular flexibility index (Phi) is 4.39. The highest BCUT2D eigenvalue weighted by molar-refractivity contribution is 4.75. The maximum atomic E-state index is 9.86. The summed E-state index contributed by atoms with van der Waals surface area (Å²) in [7, 11) is 0. The van der Waals surface area contributed by atoms with Crippen LogP contribution in [0.4, 0.5) is 0 Å². The van der Waals surface area contributed by atoms with Gasteiger partial charge in [0, 0.05) is 0 Å². The van der Waals surface area contributed by atoms with Gasteiger partial charge >= 0.3 is 0 Å². The molecule has 1 aliphatic carbocycles. The molecule has 1 aliphatic rings. The molecule has 2 nitrogen and oxygen atoms in total. The van der Waals surface area contributed by atoms with Crippen LogP contribution in [0.3, 0.4) is 0 Å². The molecule has 0 radical (unpaired) electrons.